The summed E-state index contributed by atoms with van der Waals surface area (Å²) in [4.78, 5) is 15.9. The Morgan fingerprint density at radius 2 is 2.14 bits per heavy atom. The molecular formula is C16H15N3O2. The molecule has 21 heavy (non-hydrogen) atoms. The Kier molecular flexibility index (Phi) is 3.64. The van der Waals surface area contributed by atoms with Crippen LogP contribution < -0.4 is 0 Å². The number of benzene rings is 1. The third kappa shape index (κ3) is 2.76. The molecule has 1 aromatic heterocycles. The largest absolute Gasteiger partial charge is 0.465 e. The van der Waals surface area contributed by atoms with E-state index in [-0.39, 0.29) is 12.0 Å². The van der Waals surface area contributed by atoms with E-state index in [2.05, 4.69) is 16.2 Å². The summed E-state index contributed by atoms with van der Waals surface area (Å²) in [6.07, 6.45) is 8.42. The number of esters is 1. The lowest BCUT2D eigenvalue weighted by molar-refractivity contribution is 0.0600. The Balaban J connectivity index is 1.84. The second-order valence-electron chi connectivity index (χ2n) is 4.70. The first-order chi connectivity index (χ1) is 10.3. The zero-order valence-corrected chi connectivity index (χ0v) is 11.6. The molecule has 3 rings (SSSR count). The molecule has 1 aromatic carbocycles. The fraction of sp³-hybridized carbons (Fsp3) is 0.188. The highest BCUT2D eigenvalue weighted by Crippen LogP contribution is 2.26. The van der Waals surface area contributed by atoms with E-state index >= 15 is 0 Å². The van der Waals surface area contributed by atoms with Crippen molar-refractivity contribution in [3.05, 3.63) is 59.9 Å². The number of allylic oxidation sites excluding steroid dienone is 1. The lowest BCUT2D eigenvalue weighted by atomic mass is 10.0. The molecule has 1 atom stereocenters. The molecule has 0 aliphatic carbocycles. The molecule has 0 radical (unpaired) electrons. The van der Waals surface area contributed by atoms with Crippen LogP contribution in [0.5, 0.6) is 0 Å². The van der Waals surface area contributed by atoms with Crippen LogP contribution in [-0.2, 0) is 4.74 Å². The number of rotatable bonds is 3. The maximum absolute atomic E-state index is 11.4. The Bertz CT molecular complexity index is 685. The van der Waals surface area contributed by atoms with Gasteiger partial charge in [-0.2, -0.15) is 5.10 Å². The van der Waals surface area contributed by atoms with Crippen LogP contribution >= 0.6 is 0 Å². The van der Waals surface area contributed by atoms with Crippen molar-refractivity contribution >= 4 is 17.9 Å². The number of carbonyl (C=O) groups is 1. The summed E-state index contributed by atoms with van der Waals surface area (Å²) in [6.45, 7) is 0. The lowest BCUT2D eigenvalue weighted by Crippen LogP contribution is -2.07. The number of aromatic nitrogens is 2. The van der Waals surface area contributed by atoms with Crippen molar-refractivity contribution in [3.8, 4) is 0 Å². The molecule has 1 aliphatic heterocycles. The fourth-order valence-electron chi connectivity index (χ4n) is 2.28. The molecule has 2 aromatic rings. The molecule has 0 N–H and O–H groups in total. The first kappa shape index (κ1) is 13.3. The molecule has 0 spiro atoms. The Hall–Kier alpha value is -2.69. The van der Waals surface area contributed by atoms with Crippen molar-refractivity contribution in [2.24, 2.45) is 4.99 Å². The van der Waals surface area contributed by atoms with E-state index in [1.807, 2.05) is 35.3 Å². The smallest absolute Gasteiger partial charge is 0.337 e. The van der Waals surface area contributed by atoms with Gasteiger partial charge in [-0.1, -0.05) is 12.1 Å². The van der Waals surface area contributed by atoms with E-state index in [0.29, 0.717) is 5.56 Å². The Morgan fingerprint density at radius 1 is 1.33 bits per heavy atom. The van der Waals surface area contributed by atoms with Gasteiger partial charge < -0.3 is 4.74 Å². The zero-order chi connectivity index (χ0) is 14.7. The van der Waals surface area contributed by atoms with Crippen molar-refractivity contribution in [2.45, 2.75) is 12.5 Å². The van der Waals surface area contributed by atoms with Crippen LogP contribution in [0.1, 0.15) is 28.4 Å². The molecule has 5 nitrogen and oxygen atoms in total. The number of aliphatic imine (C=N–C) groups is 1. The van der Waals surface area contributed by atoms with Crippen LogP contribution in [-0.4, -0.2) is 29.1 Å². The standard InChI is InChI=1S/C16H15N3O2/c1-21-16(20)13-5-3-12(4-6-13)15-11-14(7-9-17-15)19-10-2-8-18-19/h2-6,8-11,15H,7H2,1H3/t15-/m0/s1. The molecule has 2 heterocycles. The van der Waals surface area contributed by atoms with Crippen LogP contribution in [0, 0.1) is 0 Å². The fourth-order valence-corrected chi connectivity index (χ4v) is 2.28. The van der Waals surface area contributed by atoms with Crippen molar-refractivity contribution in [3.63, 3.8) is 0 Å². The number of dihydropyridines is 1. The van der Waals surface area contributed by atoms with Gasteiger partial charge in [0.25, 0.3) is 0 Å². The Morgan fingerprint density at radius 3 is 2.81 bits per heavy atom. The minimum Gasteiger partial charge on any atom is -0.465 e. The van der Waals surface area contributed by atoms with Crippen molar-refractivity contribution in [2.75, 3.05) is 7.11 Å². The second kappa shape index (κ2) is 5.75. The zero-order valence-electron chi connectivity index (χ0n) is 11.6. The van der Waals surface area contributed by atoms with E-state index < -0.39 is 0 Å². The summed E-state index contributed by atoms with van der Waals surface area (Å²) in [6, 6.07) is 9.16. The van der Waals surface area contributed by atoms with Crippen molar-refractivity contribution in [1.82, 2.24) is 9.78 Å². The van der Waals surface area contributed by atoms with Crippen LogP contribution in [0.3, 0.4) is 0 Å². The van der Waals surface area contributed by atoms with Gasteiger partial charge in [0.2, 0.25) is 0 Å². The SMILES string of the molecule is COC(=O)c1ccc([C@@H]2C=C(n3cccn3)CC=N2)cc1. The lowest BCUT2D eigenvalue weighted by Gasteiger charge is -2.16. The number of methoxy groups -OCH3 is 1. The van der Waals surface area contributed by atoms with Crippen molar-refractivity contribution in [1.29, 1.82) is 0 Å². The number of ether oxygens (including phenoxy) is 1. The maximum Gasteiger partial charge on any atom is 0.337 e. The quantitative estimate of drug-likeness (QED) is 0.813. The van der Waals surface area contributed by atoms with E-state index in [4.69, 9.17) is 4.74 Å². The van der Waals surface area contributed by atoms with Crippen LogP contribution in [0.15, 0.2) is 53.8 Å². The number of nitrogens with zero attached hydrogens (tertiary/aromatic N) is 3. The van der Waals surface area contributed by atoms with E-state index in [0.717, 1.165) is 17.7 Å². The minimum atomic E-state index is -0.332. The molecule has 0 unspecified atom stereocenters. The van der Waals surface area contributed by atoms with E-state index in [9.17, 15) is 4.79 Å². The number of hydrogen-bond acceptors (Lipinski definition) is 4. The predicted octanol–water partition coefficient (Wildman–Crippen LogP) is 2.73. The van der Waals surface area contributed by atoms with Crippen LogP contribution in [0.4, 0.5) is 0 Å². The predicted molar refractivity (Wildman–Crippen MR) is 80.1 cm³/mol. The normalized spacial score (nSPS) is 17.4. The first-order valence-electron chi connectivity index (χ1n) is 6.68. The molecule has 106 valence electrons. The summed E-state index contributed by atoms with van der Waals surface area (Å²) >= 11 is 0. The summed E-state index contributed by atoms with van der Waals surface area (Å²) in [7, 11) is 1.38. The average molecular weight is 281 g/mol. The second-order valence-corrected chi connectivity index (χ2v) is 4.70. The molecular weight excluding hydrogens is 266 g/mol. The van der Waals surface area contributed by atoms with Gasteiger partial charge in [0.05, 0.1) is 18.7 Å². The summed E-state index contributed by atoms with van der Waals surface area (Å²) in [5, 5.41) is 4.24. The molecule has 0 fully saturated rings. The van der Waals surface area contributed by atoms with Gasteiger partial charge in [0.15, 0.2) is 0 Å². The third-order valence-electron chi connectivity index (χ3n) is 3.39. The van der Waals surface area contributed by atoms with E-state index in [1.54, 1.807) is 18.3 Å². The molecule has 0 amide bonds. The topological polar surface area (TPSA) is 56.5 Å². The van der Waals surface area contributed by atoms with Gasteiger partial charge in [-0.05, 0) is 29.8 Å². The van der Waals surface area contributed by atoms with Gasteiger partial charge in [-0.15, -0.1) is 0 Å². The van der Waals surface area contributed by atoms with Gasteiger partial charge in [-0.3, -0.25) is 4.99 Å². The average Bonchev–Trinajstić information content (AvgIpc) is 3.09. The minimum absolute atomic E-state index is 0.0513. The molecule has 0 saturated heterocycles. The van der Waals surface area contributed by atoms with E-state index in [1.165, 1.54) is 7.11 Å². The first-order valence-corrected chi connectivity index (χ1v) is 6.68. The number of hydrogen-bond donors (Lipinski definition) is 0. The molecule has 0 bridgehead atoms. The highest BCUT2D eigenvalue weighted by Gasteiger charge is 2.14. The number of carbonyl (C=O) groups excluding carboxylic acids is 1. The molecule has 1 aliphatic rings. The summed E-state index contributed by atoms with van der Waals surface area (Å²) in [5.74, 6) is -0.332. The van der Waals surface area contributed by atoms with Gasteiger partial charge >= 0.3 is 5.97 Å². The highest BCUT2D eigenvalue weighted by atomic mass is 16.5. The van der Waals surface area contributed by atoms with Crippen molar-refractivity contribution < 1.29 is 9.53 Å². The Labute approximate surface area is 122 Å². The maximum atomic E-state index is 11.4. The molecule has 0 saturated carbocycles. The van der Waals surface area contributed by atoms with Crippen LogP contribution in [0.25, 0.3) is 5.70 Å². The van der Waals surface area contributed by atoms with Crippen LogP contribution in [0.2, 0.25) is 0 Å². The third-order valence-corrected chi connectivity index (χ3v) is 3.39. The summed E-state index contributed by atoms with van der Waals surface area (Å²) < 4.78 is 6.54. The van der Waals surface area contributed by atoms with Gasteiger partial charge in [0, 0.05) is 30.7 Å². The monoisotopic (exact) mass is 281 g/mol. The highest BCUT2D eigenvalue weighted by molar-refractivity contribution is 5.89. The van der Waals surface area contributed by atoms with Gasteiger partial charge in [-0.25, -0.2) is 9.48 Å². The van der Waals surface area contributed by atoms with Gasteiger partial charge in [0.1, 0.15) is 0 Å². The molecule has 5 heteroatoms. The summed E-state index contributed by atoms with van der Waals surface area (Å²) in [5.41, 5.74) is 2.66.